The summed E-state index contributed by atoms with van der Waals surface area (Å²) in [6.45, 7) is 3.06. The van der Waals surface area contributed by atoms with Gasteiger partial charge < -0.3 is 10.0 Å². The monoisotopic (exact) mass is 444 g/mol. The van der Waals surface area contributed by atoms with E-state index in [9.17, 15) is 18.3 Å². The van der Waals surface area contributed by atoms with Gasteiger partial charge in [0.2, 0.25) is 0 Å². The lowest BCUT2D eigenvalue weighted by Gasteiger charge is -2.26. The first kappa shape index (κ1) is 21.7. The van der Waals surface area contributed by atoms with Crippen molar-refractivity contribution in [1.29, 1.82) is 0 Å². The summed E-state index contributed by atoms with van der Waals surface area (Å²) >= 11 is 6.07. The normalized spacial score (nSPS) is 11.1. The molecule has 30 heavy (non-hydrogen) atoms. The summed E-state index contributed by atoms with van der Waals surface area (Å²) < 4.78 is 28.4. The van der Waals surface area contributed by atoms with E-state index in [-0.39, 0.29) is 21.2 Å². The Hall–Kier alpha value is -3.03. The van der Waals surface area contributed by atoms with Crippen LogP contribution in [0.15, 0.2) is 77.7 Å². The molecule has 0 atom stereocenters. The van der Waals surface area contributed by atoms with Gasteiger partial charge in [-0.1, -0.05) is 54.1 Å². The maximum atomic E-state index is 13.0. The quantitative estimate of drug-likeness (QED) is 0.517. The number of carboxylic acids is 1. The largest absolute Gasteiger partial charge is 0.478 e. The predicted molar refractivity (Wildman–Crippen MR) is 119 cm³/mol. The predicted octanol–water partition coefficient (Wildman–Crippen LogP) is 4.87. The number of carbonyl (C=O) groups is 1. The van der Waals surface area contributed by atoms with E-state index in [0.29, 0.717) is 18.8 Å². The summed E-state index contributed by atoms with van der Waals surface area (Å²) in [5.41, 5.74) is 1.77. The molecule has 3 aromatic rings. The van der Waals surface area contributed by atoms with Gasteiger partial charge in [0.05, 0.1) is 22.0 Å². The van der Waals surface area contributed by atoms with Gasteiger partial charge in [0.15, 0.2) is 0 Å². The number of rotatable bonds is 8. The third-order valence-electron chi connectivity index (χ3n) is 4.55. The molecule has 0 spiro atoms. The number of halogens is 1. The minimum Gasteiger partial charge on any atom is -0.478 e. The number of sulfonamides is 1. The molecule has 0 aliphatic heterocycles. The molecule has 0 amide bonds. The summed E-state index contributed by atoms with van der Waals surface area (Å²) in [7, 11) is -4.03. The van der Waals surface area contributed by atoms with E-state index < -0.39 is 16.0 Å². The zero-order valence-electron chi connectivity index (χ0n) is 16.2. The van der Waals surface area contributed by atoms with E-state index in [1.54, 1.807) is 18.2 Å². The number of hydrogen-bond donors (Lipinski definition) is 2. The topological polar surface area (TPSA) is 86.7 Å². The number of benzene rings is 3. The fourth-order valence-electron chi connectivity index (χ4n) is 3.06. The second-order valence-electron chi connectivity index (χ2n) is 6.57. The van der Waals surface area contributed by atoms with Crippen molar-refractivity contribution in [2.45, 2.75) is 18.4 Å². The first-order valence-corrected chi connectivity index (χ1v) is 11.1. The summed E-state index contributed by atoms with van der Waals surface area (Å²) in [6, 6.07) is 20.2. The number of anilines is 2. The Kier molecular flexibility index (Phi) is 6.64. The second kappa shape index (κ2) is 9.19. The van der Waals surface area contributed by atoms with Gasteiger partial charge >= 0.3 is 5.97 Å². The van der Waals surface area contributed by atoms with Crippen LogP contribution >= 0.6 is 11.6 Å². The zero-order valence-corrected chi connectivity index (χ0v) is 17.8. The molecule has 0 saturated heterocycles. The molecule has 6 nitrogen and oxygen atoms in total. The van der Waals surface area contributed by atoms with Crippen LogP contribution in [-0.2, 0) is 16.6 Å². The number of aromatic carboxylic acids is 1. The van der Waals surface area contributed by atoms with Crippen molar-refractivity contribution in [2.24, 2.45) is 0 Å². The van der Waals surface area contributed by atoms with E-state index in [0.717, 1.165) is 5.56 Å². The lowest BCUT2D eigenvalue weighted by Crippen LogP contribution is -2.24. The average Bonchev–Trinajstić information content (AvgIpc) is 2.73. The minimum atomic E-state index is -4.03. The molecule has 0 heterocycles. The highest BCUT2D eigenvalue weighted by molar-refractivity contribution is 7.92. The van der Waals surface area contributed by atoms with Crippen molar-refractivity contribution in [3.8, 4) is 0 Å². The summed E-state index contributed by atoms with van der Waals surface area (Å²) in [6.07, 6.45) is 0. The molecule has 0 fully saturated rings. The molecule has 0 aromatic heterocycles. The van der Waals surface area contributed by atoms with Gasteiger partial charge in [-0.3, -0.25) is 4.72 Å². The number of nitrogens with one attached hydrogen (secondary N) is 1. The molecule has 3 aromatic carbocycles. The van der Waals surface area contributed by atoms with Crippen LogP contribution < -0.4 is 9.62 Å². The Morgan fingerprint density at radius 1 is 1.03 bits per heavy atom. The van der Waals surface area contributed by atoms with Crippen LogP contribution in [0, 0.1) is 0 Å². The minimum absolute atomic E-state index is 0.0219. The van der Waals surface area contributed by atoms with Crippen LogP contribution in [-0.4, -0.2) is 26.0 Å². The Bertz CT molecular complexity index is 1150. The van der Waals surface area contributed by atoms with Crippen molar-refractivity contribution in [1.82, 2.24) is 0 Å². The molecule has 3 rings (SSSR count). The van der Waals surface area contributed by atoms with Crippen molar-refractivity contribution in [3.63, 3.8) is 0 Å². The Morgan fingerprint density at radius 3 is 2.33 bits per heavy atom. The Balaban J connectivity index is 2.04. The van der Waals surface area contributed by atoms with Gasteiger partial charge in [-0.2, -0.15) is 0 Å². The van der Waals surface area contributed by atoms with E-state index in [2.05, 4.69) is 4.72 Å². The standard InChI is InChI=1S/C22H21ClN2O4S/c1-2-25(15-16-8-4-3-5-9-16)20-13-12-17(22(26)27)14-19(20)24-30(28,29)21-11-7-6-10-18(21)23/h3-14,24H,2,15H2,1H3,(H,26,27). The molecule has 0 unspecified atom stereocenters. The van der Waals surface area contributed by atoms with Crippen molar-refractivity contribution in [2.75, 3.05) is 16.2 Å². The summed E-state index contributed by atoms with van der Waals surface area (Å²) in [5, 5.41) is 9.46. The van der Waals surface area contributed by atoms with Gasteiger partial charge in [0.25, 0.3) is 10.0 Å². The van der Waals surface area contributed by atoms with E-state index in [1.807, 2.05) is 42.2 Å². The van der Waals surface area contributed by atoms with Crippen LogP contribution in [0.3, 0.4) is 0 Å². The summed E-state index contributed by atoms with van der Waals surface area (Å²) in [5.74, 6) is -1.15. The van der Waals surface area contributed by atoms with Crippen molar-refractivity contribution in [3.05, 3.63) is 88.9 Å². The Labute approximate surface area is 180 Å². The maximum Gasteiger partial charge on any atom is 0.335 e. The molecule has 0 bridgehead atoms. The van der Waals surface area contributed by atoms with Crippen molar-refractivity contribution < 1.29 is 18.3 Å². The first-order valence-electron chi connectivity index (χ1n) is 9.25. The second-order valence-corrected chi connectivity index (χ2v) is 8.63. The smallest absolute Gasteiger partial charge is 0.335 e. The molecule has 8 heteroatoms. The molecule has 0 aliphatic rings. The molecule has 2 N–H and O–H groups in total. The SMILES string of the molecule is CCN(Cc1ccccc1)c1ccc(C(=O)O)cc1NS(=O)(=O)c1ccccc1Cl. The van der Waals surface area contributed by atoms with Gasteiger partial charge in [0.1, 0.15) is 4.90 Å². The highest BCUT2D eigenvalue weighted by Crippen LogP contribution is 2.32. The lowest BCUT2D eigenvalue weighted by molar-refractivity contribution is 0.0697. The van der Waals surface area contributed by atoms with E-state index in [1.165, 1.54) is 24.3 Å². The van der Waals surface area contributed by atoms with E-state index in [4.69, 9.17) is 11.6 Å². The van der Waals surface area contributed by atoms with Gasteiger partial charge in [-0.05, 0) is 42.8 Å². The number of hydrogen-bond acceptors (Lipinski definition) is 4. The fourth-order valence-corrected chi connectivity index (χ4v) is 4.65. The zero-order chi connectivity index (χ0) is 21.7. The molecule has 0 radical (unpaired) electrons. The first-order chi connectivity index (χ1) is 14.3. The Morgan fingerprint density at radius 2 is 1.70 bits per heavy atom. The van der Waals surface area contributed by atoms with E-state index >= 15 is 0 Å². The third kappa shape index (κ3) is 4.93. The average molecular weight is 445 g/mol. The van der Waals surface area contributed by atoms with Crippen molar-refractivity contribution >= 4 is 39.0 Å². The highest BCUT2D eigenvalue weighted by atomic mass is 35.5. The van der Waals surface area contributed by atoms with Crippen LogP contribution in [0.4, 0.5) is 11.4 Å². The molecular formula is C22H21ClN2O4S. The van der Waals surface area contributed by atoms with Crippen LogP contribution in [0.25, 0.3) is 0 Å². The van der Waals surface area contributed by atoms with Gasteiger partial charge in [0, 0.05) is 13.1 Å². The maximum absolute atomic E-state index is 13.0. The summed E-state index contributed by atoms with van der Waals surface area (Å²) in [4.78, 5) is 13.4. The van der Waals surface area contributed by atoms with Gasteiger partial charge in [-0.25, -0.2) is 13.2 Å². The lowest BCUT2D eigenvalue weighted by atomic mass is 10.1. The molecule has 156 valence electrons. The fraction of sp³-hybridized carbons (Fsp3) is 0.136. The highest BCUT2D eigenvalue weighted by Gasteiger charge is 2.22. The molecular weight excluding hydrogens is 424 g/mol. The van der Waals surface area contributed by atoms with Crippen LogP contribution in [0.5, 0.6) is 0 Å². The number of nitrogens with zero attached hydrogens (tertiary/aromatic N) is 1. The number of carboxylic acid groups (broad SMARTS) is 1. The van der Waals surface area contributed by atoms with Crippen LogP contribution in [0.2, 0.25) is 5.02 Å². The van der Waals surface area contributed by atoms with Crippen LogP contribution in [0.1, 0.15) is 22.8 Å². The van der Waals surface area contributed by atoms with Gasteiger partial charge in [-0.15, -0.1) is 0 Å². The molecule has 0 aliphatic carbocycles. The molecule has 0 saturated carbocycles. The third-order valence-corrected chi connectivity index (χ3v) is 6.42.